The normalized spacial score (nSPS) is 13.7. The molecule has 0 unspecified atom stereocenters. The SMILES string of the molecule is COc1ccc(CN2C(=O)COc3ccccc32)cc1. The Morgan fingerprint density at radius 2 is 1.90 bits per heavy atom. The van der Waals surface area contributed by atoms with Crippen LogP contribution >= 0.6 is 0 Å². The van der Waals surface area contributed by atoms with Gasteiger partial charge in [-0.3, -0.25) is 4.79 Å². The fourth-order valence-corrected chi connectivity index (χ4v) is 2.24. The average molecular weight is 269 g/mol. The summed E-state index contributed by atoms with van der Waals surface area (Å²) in [6.07, 6.45) is 0. The number of carbonyl (C=O) groups is 1. The number of hydrogen-bond acceptors (Lipinski definition) is 3. The zero-order valence-electron chi connectivity index (χ0n) is 11.2. The molecule has 1 aliphatic heterocycles. The van der Waals surface area contributed by atoms with Crippen LogP contribution in [-0.4, -0.2) is 19.6 Å². The van der Waals surface area contributed by atoms with Gasteiger partial charge in [-0.1, -0.05) is 24.3 Å². The molecule has 0 saturated heterocycles. The van der Waals surface area contributed by atoms with Gasteiger partial charge in [-0.15, -0.1) is 0 Å². The van der Waals surface area contributed by atoms with Crippen LogP contribution in [0.15, 0.2) is 48.5 Å². The molecular formula is C16H15NO3. The minimum atomic E-state index is -0.0282. The predicted molar refractivity (Wildman–Crippen MR) is 76.1 cm³/mol. The zero-order valence-corrected chi connectivity index (χ0v) is 11.2. The predicted octanol–water partition coefficient (Wildman–Crippen LogP) is 2.62. The first-order chi connectivity index (χ1) is 9.78. The van der Waals surface area contributed by atoms with Gasteiger partial charge in [0.05, 0.1) is 19.3 Å². The highest BCUT2D eigenvalue weighted by Crippen LogP contribution is 2.32. The van der Waals surface area contributed by atoms with Crippen LogP contribution in [0.4, 0.5) is 5.69 Å². The molecule has 1 heterocycles. The minimum absolute atomic E-state index is 0.0282. The maximum Gasteiger partial charge on any atom is 0.265 e. The molecule has 1 aliphatic rings. The number of carbonyl (C=O) groups excluding carboxylic acids is 1. The third kappa shape index (κ3) is 2.32. The third-order valence-electron chi connectivity index (χ3n) is 3.31. The Labute approximate surface area is 117 Å². The van der Waals surface area contributed by atoms with Crippen LogP contribution in [0.5, 0.6) is 11.5 Å². The van der Waals surface area contributed by atoms with Crippen LogP contribution in [0, 0.1) is 0 Å². The van der Waals surface area contributed by atoms with Gasteiger partial charge in [0.15, 0.2) is 6.61 Å². The Morgan fingerprint density at radius 1 is 1.15 bits per heavy atom. The lowest BCUT2D eigenvalue weighted by Crippen LogP contribution is -2.38. The van der Waals surface area contributed by atoms with Crippen molar-refractivity contribution in [1.82, 2.24) is 0 Å². The van der Waals surface area contributed by atoms with Crippen LogP contribution in [0.2, 0.25) is 0 Å². The Morgan fingerprint density at radius 3 is 2.65 bits per heavy atom. The summed E-state index contributed by atoms with van der Waals surface area (Å²) >= 11 is 0. The van der Waals surface area contributed by atoms with Gasteiger partial charge in [0.25, 0.3) is 5.91 Å². The number of nitrogens with zero attached hydrogens (tertiary/aromatic N) is 1. The van der Waals surface area contributed by atoms with E-state index in [-0.39, 0.29) is 12.5 Å². The van der Waals surface area contributed by atoms with Gasteiger partial charge < -0.3 is 14.4 Å². The fourth-order valence-electron chi connectivity index (χ4n) is 2.24. The van der Waals surface area contributed by atoms with Crippen molar-refractivity contribution in [2.24, 2.45) is 0 Å². The third-order valence-corrected chi connectivity index (χ3v) is 3.31. The molecule has 20 heavy (non-hydrogen) atoms. The number of rotatable bonds is 3. The highest BCUT2D eigenvalue weighted by atomic mass is 16.5. The summed E-state index contributed by atoms with van der Waals surface area (Å²) in [6, 6.07) is 15.3. The Hall–Kier alpha value is -2.49. The van der Waals surface area contributed by atoms with Gasteiger partial charge in [0, 0.05) is 0 Å². The first-order valence-corrected chi connectivity index (χ1v) is 6.43. The molecule has 0 atom stereocenters. The van der Waals surface area contributed by atoms with E-state index in [0.717, 1.165) is 22.7 Å². The van der Waals surface area contributed by atoms with E-state index in [1.807, 2.05) is 48.5 Å². The summed E-state index contributed by atoms with van der Waals surface area (Å²) < 4.78 is 10.6. The molecule has 0 aromatic heterocycles. The van der Waals surface area contributed by atoms with Crippen molar-refractivity contribution < 1.29 is 14.3 Å². The second kappa shape index (κ2) is 5.25. The number of benzene rings is 2. The molecule has 2 aromatic rings. The van der Waals surface area contributed by atoms with E-state index >= 15 is 0 Å². The first-order valence-electron chi connectivity index (χ1n) is 6.43. The number of amides is 1. The molecule has 0 spiro atoms. The minimum Gasteiger partial charge on any atom is -0.497 e. The van der Waals surface area contributed by atoms with Crippen molar-refractivity contribution in [3.05, 3.63) is 54.1 Å². The van der Waals surface area contributed by atoms with Gasteiger partial charge in [-0.2, -0.15) is 0 Å². The van der Waals surface area contributed by atoms with Crippen LogP contribution in [0.1, 0.15) is 5.56 Å². The summed E-state index contributed by atoms with van der Waals surface area (Å²) in [6.45, 7) is 0.621. The van der Waals surface area contributed by atoms with E-state index in [9.17, 15) is 4.79 Å². The molecule has 0 radical (unpaired) electrons. The summed E-state index contributed by atoms with van der Waals surface area (Å²) in [5.74, 6) is 1.53. The second-order valence-corrected chi connectivity index (χ2v) is 4.58. The molecule has 0 aliphatic carbocycles. The molecule has 4 nitrogen and oxygen atoms in total. The molecular weight excluding hydrogens is 254 g/mol. The van der Waals surface area contributed by atoms with Gasteiger partial charge in [-0.05, 0) is 29.8 Å². The summed E-state index contributed by atoms with van der Waals surface area (Å²) in [5, 5.41) is 0. The Kier molecular flexibility index (Phi) is 3.29. The molecule has 4 heteroatoms. The van der Waals surface area contributed by atoms with Crippen molar-refractivity contribution in [3.8, 4) is 11.5 Å². The van der Waals surface area contributed by atoms with E-state index in [2.05, 4.69) is 0 Å². The molecule has 1 amide bonds. The van der Waals surface area contributed by atoms with Gasteiger partial charge in [0.2, 0.25) is 0 Å². The molecule has 2 aromatic carbocycles. The van der Waals surface area contributed by atoms with E-state index in [1.165, 1.54) is 0 Å². The smallest absolute Gasteiger partial charge is 0.265 e. The highest BCUT2D eigenvalue weighted by molar-refractivity contribution is 5.97. The maximum atomic E-state index is 12.1. The number of hydrogen-bond donors (Lipinski definition) is 0. The summed E-state index contributed by atoms with van der Waals surface area (Å²) in [4.78, 5) is 13.8. The summed E-state index contributed by atoms with van der Waals surface area (Å²) in [7, 11) is 1.64. The van der Waals surface area contributed by atoms with Gasteiger partial charge in [-0.25, -0.2) is 0 Å². The van der Waals surface area contributed by atoms with Crippen LogP contribution in [-0.2, 0) is 11.3 Å². The van der Waals surface area contributed by atoms with Gasteiger partial charge in [0.1, 0.15) is 11.5 Å². The molecule has 0 saturated carbocycles. The van der Waals surface area contributed by atoms with Crippen LogP contribution < -0.4 is 14.4 Å². The van der Waals surface area contributed by atoms with Crippen molar-refractivity contribution in [3.63, 3.8) is 0 Å². The van der Waals surface area contributed by atoms with E-state index < -0.39 is 0 Å². The number of para-hydroxylation sites is 2. The van der Waals surface area contributed by atoms with Gasteiger partial charge >= 0.3 is 0 Å². The lowest BCUT2D eigenvalue weighted by molar-refractivity contribution is -0.121. The van der Waals surface area contributed by atoms with E-state index in [4.69, 9.17) is 9.47 Å². The quantitative estimate of drug-likeness (QED) is 0.859. The molecule has 3 rings (SSSR count). The Balaban J connectivity index is 1.87. The highest BCUT2D eigenvalue weighted by Gasteiger charge is 2.24. The number of ether oxygens (including phenoxy) is 2. The van der Waals surface area contributed by atoms with E-state index in [0.29, 0.717) is 6.54 Å². The molecule has 0 bridgehead atoms. The van der Waals surface area contributed by atoms with Crippen molar-refractivity contribution in [2.75, 3.05) is 18.6 Å². The first kappa shape index (κ1) is 12.5. The number of methoxy groups -OCH3 is 1. The average Bonchev–Trinajstić information content (AvgIpc) is 2.51. The Bertz CT molecular complexity index is 622. The molecule has 102 valence electrons. The topological polar surface area (TPSA) is 38.8 Å². The maximum absolute atomic E-state index is 12.1. The van der Waals surface area contributed by atoms with E-state index in [1.54, 1.807) is 12.0 Å². The zero-order chi connectivity index (χ0) is 13.9. The molecule has 0 N–H and O–H groups in total. The lowest BCUT2D eigenvalue weighted by atomic mass is 10.1. The number of anilines is 1. The standard InChI is InChI=1S/C16H15NO3/c1-19-13-8-6-12(7-9-13)10-17-14-4-2-3-5-15(14)20-11-16(17)18/h2-9H,10-11H2,1H3. The summed E-state index contributed by atoms with van der Waals surface area (Å²) in [5.41, 5.74) is 1.87. The largest absolute Gasteiger partial charge is 0.497 e. The second-order valence-electron chi connectivity index (χ2n) is 4.58. The monoisotopic (exact) mass is 269 g/mol. The lowest BCUT2D eigenvalue weighted by Gasteiger charge is -2.29. The van der Waals surface area contributed by atoms with Crippen LogP contribution in [0.25, 0.3) is 0 Å². The van der Waals surface area contributed by atoms with Crippen LogP contribution in [0.3, 0.4) is 0 Å². The van der Waals surface area contributed by atoms with Crippen molar-refractivity contribution >= 4 is 11.6 Å². The van der Waals surface area contributed by atoms with Crippen molar-refractivity contribution in [2.45, 2.75) is 6.54 Å². The molecule has 0 fully saturated rings. The van der Waals surface area contributed by atoms with Crippen molar-refractivity contribution in [1.29, 1.82) is 0 Å². The fraction of sp³-hybridized carbons (Fsp3) is 0.188. The number of fused-ring (bicyclic) bond motifs is 1.